The molecule has 0 bridgehead atoms. The Morgan fingerprint density at radius 2 is 2.37 bits per heavy atom. The molecule has 0 saturated carbocycles. The van der Waals surface area contributed by atoms with E-state index >= 15 is 0 Å². The summed E-state index contributed by atoms with van der Waals surface area (Å²) >= 11 is 3.36. The van der Waals surface area contributed by atoms with Gasteiger partial charge in [0.25, 0.3) is 0 Å². The number of hydrogen-bond acceptors (Lipinski definition) is 3. The lowest BCUT2D eigenvalue weighted by Crippen LogP contribution is -2.26. The van der Waals surface area contributed by atoms with Gasteiger partial charge in [-0.3, -0.25) is 4.79 Å². The normalized spacial score (nSPS) is 18.5. The van der Waals surface area contributed by atoms with Crippen LogP contribution < -0.4 is 4.90 Å². The average molecular weight is 325 g/mol. The second kappa shape index (κ2) is 6.06. The Kier molecular flexibility index (Phi) is 4.42. The van der Waals surface area contributed by atoms with Crippen molar-refractivity contribution < 1.29 is 9.90 Å². The molecule has 1 heterocycles. The molecule has 0 spiro atoms. The van der Waals surface area contributed by atoms with Crippen molar-refractivity contribution in [3.63, 3.8) is 0 Å². The van der Waals surface area contributed by atoms with E-state index in [-0.39, 0.29) is 18.4 Å². The Bertz CT molecular complexity index is 543. The Morgan fingerprint density at radius 1 is 1.58 bits per heavy atom. The van der Waals surface area contributed by atoms with Crippen LogP contribution in [0.5, 0.6) is 0 Å². The van der Waals surface area contributed by atoms with Crippen LogP contribution in [-0.2, 0) is 11.4 Å². The molecule has 1 unspecified atom stereocenters. The zero-order chi connectivity index (χ0) is 13.8. The number of benzene rings is 1. The molecule has 2 rings (SSSR count). The Balaban J connectivity index is 2.24. The van der Waals surface area contributed by atoms with Gasteiger partial charge >= 0.3 is 0 Å². The molecule has 1 N–H and O–H groups in total. The van der Waals surface area contributed by atoms with E-state index < -0.39 is 0 Å². The molecule has 0 aromatic heterocycles. The van der Waals surface area contributed by atoms with Gasteiger partial charge in [-0.25, -0.2) is 0 Å². The van der Waals surface area contributed by atoms with Gasteiger partial charge in [0.15, 0.2) is 0 Å². The molecule has 1 saturated heterocycles. The van der Waals surface area contributed by atoms with Crippen molar-refractivity contribution >= 4 is 27.5 Å². The lowest BCUT2D eigenvalue weighted by Gasteiger charge is -2.20. The van der Waals surface area contributed by atoms with Gasteiger partial charge in [-0.2, -0.15) is 0 Å². The molecule has 1 aromatic rings. The van der Waals surface area contributed by atoms with Crippen molar-refractivity contribution in [1.29, 1.82) is 0 Å². The second-order valence-electron chi connectivity index (χ2n) is 4.42. The smallest absolute Gasteiger partial charge is 0.227 e. The summed E-state index contributed by atoms with van der Waals surface area (Å²) in [6.45, 7) is 0.718. The molecule has 6 nitrogen and oxygen atoms in total. The summed E-state index contributed by atoms with van der Waals surface area (Å²) < 4.78 is 0.853. The fourth-order valence-electron chi connectivity index (χ4n) is 2.21. The van der Waals surface area contributed by atoms with Gasteiger partial charge in [0.2, 0.25) is 5.91 Å². The van der Waals surface area contributed by atoms with Gasteiger partial charge < -0.3 is 10.0 Å². The Hall–Kier alpha value is -1.56. The first-order valence-corrected chi connectivity index (χ1v) is 6.65. The monoisotopic (exact) mass is 324 g/mol. The van der Waals surface area contributed by atoms with Crippen LogP contribution >= 0.6 is 15.9 Å². The van der Waals surface area contributed by atoms with E-state index in [9.17, 15) is 9.90 Å². The lowest BCUT2D eigenvalue weighted by atomic mass is 10.1. The molecule has 1 aliphatic rings. The molecule has 19 heavy (non-hydrogen) atoms. The van der Waals surface area contributed by atoms with E-state index in [2.05, 4.69) is 26.0 Å². The summed E-state index contributed by atoms with van der Waals surface area (Å²) in [6, 6.07) is 5.43. The van der Waals surface area contributed by atoms with Crippen molar-refractivity contribution in [2.24, 2.45) is 11.0 Å². The van der Waals surface area contributed by atoms with Gasteiger partial charge in [-0.15, -0.1) is 0 Å². The number of nitrogens with zero attached hydrogens (tertiary/aromatic N) is 4. The summed E-state index contributed by atoms with van der Waals surface area (Å²) in [4.78, 5) is 16.4. The summed E-state index contributed by atoms with van der Waals surface area (Å²) in [5, 5.41) is 12.9. The Morgan fingerprint density at radius 3 is 3.05 bits per heavy atom. The number of carbonyl (C=O) groups excluding carboxylic acids is 1. The molecule has 7 heteroatoms. The zero-order valence-corrected chi connectivity index (χ0v) is 11.7. The largest absolute Gasteiger partial charge is 0.392 e. The summed E-state index contributed by atoms with van der Waals surface area (Å²) in [6.07, 6.45) is 0.371. The highest BCUT2D eigenvalue weighted by molar-refractivity contribution is 9.10. The number of azide groups is 1. The fourth-order valence-corrected chi connectivity index (χ4v) is 2.56. The number of carbonyl (C=O) groups is 1. The van der Waals surface area contributed by atoms with Crippen molar-refractivity contribution in [3.8, 4) is 0 Å². The van der Waals surface area contributed by atoms with Crippen molar-refractivity contribution in [1.82, 2.24) is 0 Å². The molecule has 1 aliphatic heterocycles. The second-order valence-corrected chi connectivity index (χ2v) is 5.33. The van der Waals surface area contributed by atoms with E-state index in [0.29, 0.717) is 30.8 Å². The highest BCUT2D eigenvalue weighted by atomic mass is 79.9. The first-order chi connectivity index (χ1) is 9.15. The SMILES string of the molecule is [N-]=[N+]=NCC1CC(=O)N(c2cc(Br)ccc2CO)C1. The lowest BCUT2D eigenvalue weighted by molar-refractivity contribution is -0.117. The molecule has 1 atom stereocenters. The van der Waals surface area contributed by atoms with Crippen LogP contribution in [-0.4, -0.2) is 24.1 Å². The minimum Gasteiger partial charge on any atom is -0.392 e. The molecule has 100 valence electrons. The van der Waals surface area contributed by atoms with Crippen molar-refractivity contribution in [3.05, 3.63) is 38.7 Å². The van der Waals surface area contributed by atoms with Crippen molar-refractivity contribution in [2.75, 3.05) is 18.0 Å². The maximum Gasteiger partial charge on any atom is 0.227 e. The number of rotatable bonds is 4. The zero-order valence-electron chi connectivity index (χ0n) is 10.2. The van der Waals surface area contributed by atoms with Crippen LogP contribution in [0.1, 0.15) is 12.0 Å². The third-order valence-corrected chi connectivity index (χ3v) is 3.61. The van der Waals surface area contributed by atoms with Gasteiger partial charge in [0, 0.05) is 34.5 Å². The van der Waals surface area contributed by atoms with E-state index in [1.165, 1.54) is 0 Å². The summed E-state index contributed by atoms with van der Waals surface area (Å²) in [7, 11) is 0. The average Bonchev–Trinajstić information content (AvgIpc) is 2.77. The van der Waals surface area contributed by atoms with E-state index in [1.807, 2.05) is 12.1 Å². The Labute approximate surface area is 118 Å². The fraction of sp³-hybridized carbons (Fsp3) is 0.417. The van der Waals surface area contributed by atoms with E-state index in [0.717, 1.165) is 4.47 Å². The van der Waals surface area contributed by atoms with Gasteiger partial charge in [-0.05, 0) is 23.6 Å². The third-order valence-electron chi connectivity index (χ3n) is 3.12. The van der Waals surface area contributed by atoms with Crippen LogP contribution in [0.25, 0.3) is 10.4 Å². The van der Waals surface area contributed by atoms with Crippen LogP contribution in [0, 0.1) is 5.92 Å². The predicted octanol–water partition coefficient (Wildman–Crippen LogP) is 2.60. The van der Waals surface area contributed by atoms with E-state index in [4.69, 9.17) is 5.53 Å². The van der Waals surface area contributed by atoms with Crippen LogP contribution in [0.15, 0.2) is 27.8 Å². The van der Waals surface area contributed by atoms with Crippen LogP contribution in [0.4, 0.5) is 5.69 Å². The highest BCUT2D eigenvalue weighted by Gasteiger charge is 2.31. The summed E-state index contributed by atoms with van der Waals surface area (Å²) in [5.74, 6) is 0.0277. The highest BCUT2D eigenvalue weighted by Crippen LogP contribution is 2.30. The predicted molar refractivity (Wildman–Crippen MR) is 74.5 cm³/mol. The topological polar surface area (TPSA) is 89.3 Å². The number of halogens is 1. The molecule has 0 radical (unpaired) electrons. The molecular formula is C12H13BrN4O2. The number of hydrogen-bond donors (Lipinski definition) is 1. The first-order valence-electron chi connectivity index (χ1n) is 5.86. The van der Waals surface area contributed by atoms with E-state index in [1.54, 1.807) is 11.0 Å². The number of aliphatic hydroxyl groups excluding tert-OH is 1. The van der Waals surface area contributed by atoms with Crippen molar-refractivity contribution in [2.45, 2.75) is 13.0 Å². The maximum atomic E-state index is 12.0. The molecule has 0 aliphatic carbocycles. The quantitative estimate of drug-likeness (QED) is 0.524. The molecule has 1 fully saturated rings. The summed E-state index contributed by atoms with van der Waals surface area (Å²) in [5.41, 5.74) is 9.74. The van der Waals surface area contributed by atoms with Gasteiger partial charge in [0.1, 0.15) is 0 Å². The molecule has 1 amide bonds. The standard InChI is InChI=1S/C12H13BrN4O2/c13-10-2-1-9(7-18)11(4-10)17-6-8(3-12(17)19)5-15-16-14/h1-2,4,8,18H,3,5-7H2. The van der Waals surface area contributed by atoms with Gasteiger partial charge in [-0.1, -0.05) is 27.1 Å². The number of amides is 1. The minimum atomic E-state index is -0.118. The number of anilines is 1. The van der Waals surface area contributed by atoms with Crippen LogP contribution in [0.2, 0.25) is 0 Å². The van der Waals surface area contributed by atoms with Gasteiger partial charge in [0.05, 0.1) is 12.3 Å². The third kappa shape index (κ3) is 3.07. The first kappa shape index (κ1) is 13.9. The van der Waals surface area contributed by atoms with Crippen LogP contribution in [0.3, 0.4) is 0 Å². The molecular weight excluding hydrogens is 312 g/mol. The maximum absolute atomic E-state index is 12.0. The molecule has 1 aromatic carbocycles. The minimum absolute atomic E-state index is 0.00839. The number of aliphatic hydroxyl groups is 1.